The third-order valence-corrected chi connectivity index (χ3v) is 2.87. The second kappa shape index (κ2) is 7.56. The summed E-state index contributed by atoms with van der Waals surface area (Å²) in [6, 6.07) is 4.31. The van der Waals surface area contributed by atoms with Gasteiger partial charge >= 0.3 is 5.97 Å². The summed E-state index contributed by atoms with van der Waals surface area (Å²) in [6.07, 6.45) is 0.810. The molecule has 0 aromatic heterocycles. The average molecular weight is 282 g/mol. The Hall–Kier alpha value is -1.99. The molecule has 1 rings (SSSR count). The van der Waals surface area contributed by atoms with Gasteiger partial charge in [-0.1, -0.05) is 12.1 Å². The van der Waals surface area contributed by atoms with Crippen LogP contribution < -0.4 is 0 Å². The van der Waals surface area contributed by atoms with Crippen molar-refractivity contribution in [1.82, 2.24) is 4.90 Å². The minimum absolute atomic E-state index is 0.240. The smallest absolute Gasteiger partial charge is 0.343 e. The Morgan fingerprint density at radius 2 is 2.20 bits per heavy atom. The number of nitro benzene ring substituents is 1. The fourth-order valence-corrected chi connectivity index (χ4v) is 1.97. The second-order valence-corrected chi connectivity index (χ2v) is 4.46. The van der Waals surface area contributed by atoms with Crippen molar-refractivity contribution in [1.29, 1.82) is 0 Å². The van der Waals surface area contributed by atoms with Crippen LogP contribution in [-0.4, -0.2) is 48.2 Å². The van der Waals surface area contributed by atoms with E-state index in [0.717, 1.165) is 13.0 Å². The summed E-state index contributed by atoms with van der Waals surface area (Å²) >= 11 is 0. The molecule has 7 heteroatoms. The molecule has 0 radical (unpaired) electrons. The monoisotopic (exact) mass is 282 g/mol. The van der Waals surface area contributed by atoms with Crippen molar-refractivity contribution in [2.24, 2.45) is 0 Å². The number of benzene rings is 1. The van der Waals surface area contributed by atoms with Crippen LogP contribution in [0.3, 0.4) is 0 Å². The van der Waals surface area contributed by atoms with Gasteiger partial charge in [-0.2, -0.15) is 0 Å². The van der Waals surface area contributed by atoms with Crippen LogP contribution in [0, 0.1) is 10.1 Å². The molecule has 0 unspecified atom stereocenters. The Morgan fingerprint density at radius 3 is 2.75 bits per heavy atom. The summed E-state index contributed by atoms with van der Waals surface area (Å²) in [5.74, 6) is -1.28. The third kappa shape index (κ3) is 4.29. The van der Waals surface area contributed by atoms with Gasteiger partial charge in [-0.25, -0.2) is 4.79 Å². The van der Waals surface area contributed by atoms with Crippen LogP contribution in [0.1, 0.15) is 22.3 Å². The van der Waals surface area contributed by atoms with Crippen molar-refractivity contribution in [3.63, 3.8) is 0 Å². The normalized spacial score (nSPS) is 10.8. The molecule has 0 aliphatic rings. The molecule has 110 valence electrons. The zero-order valence-electron chi connectivity index (χ0n) is 11.5. The number of ether oxygens (including phenoxy) is 1. The first-order chi connectivity index (χ1) is 9.47. The van der Waals surface area contributed by atoms with E-state index < -0.39 is 10.9 Å². The molecule has 0 bridgehead atoms. The molecular weight excluding hydrogens is 264 g/mol. The fraction of sp³-hybridized carbons (Fsp3) is 0.462. The van der Waals surface area contributed by atoms with E-state index in [9.17, 15) is 20.0 Å². The maximum absolute atomic E-state index is 11.2. The minimum Gasteiger partial charge on any atom is -0.477 e. The number of aromatic carboxylic acids is 1. The highest BCUT2D eigenvalue weighted by atomic mass is 16.6. The predicted octanol–water partition coefficient (Wildman–Crippen LogP) is 1.76. The Bertz CT molecular complexity index is 490. The number of hydrogen-bond donors (Lipinski definition) is 1. The van der Waals surface area contributed by atoms with Crippen molar-refractivity contribution in [3.05, 3.63) is 39.4 Å². The van der Waals surface area contributed by atoms with Gasteiger partial charge in [0.25, 0.3) is 5.69 Å². The molecule has 0 heterocycles. The van der Waals surface area contributed by atoms with Gasteiger partial charge in [-0.15, -0.1) is 0 Å². The van der Waals surface area contributed by atoms with Crippen LogP contribution in [0.4, 0.5) is 5.69 Å². The molecular formula is C13H18N2O5. The average Bonchev–Trinajstić information content (AvgIpc) is 2.38. The number of carboxylic acid groups (broad SMARTS) is 1. The number of nitrogens with zero attached hydrogens (tertiary/aromatic N) is 2. The summed E-state index contributed by atoms with van der Waals surface area (Å²) in [5, 5.41) is 20.1. The Balaban J connectivity index is 2.92. The number of nitro groups is 1. The lowest BCUT2D eigenvalue weighted by molar-refractivity contribution is -0.385. The molecule has 0 aliphatic carbocycles. The van der Waals surface area contributed by atoms with Gasteiger partial charge in [0.2, 0.25) is 0 Å². The number of hydrogen-bond acceptors (Lipinski definition) is 5. The maximum Gasteiger partial charge on any atom is 0.343 e. The summed E-state index contributed by atoms with van der Waals surface area (Å²) in [7, 11) is 3.45. The van der Waals surface area contributed by atoms with Gasteiger partial charge in [-0.05, 0) is 19.0 Å². The topological polar surface area (TPSA) is 92.9 Å². The molecule has 0 atom stereocenters. The largest absolute Gasteiger partial charge is 0.477 e. The Morgan fingerprint density at radius 1 is 1.50 bits per heavy atom. The van der Waals surface area contributed by atoms with Crippen LogP contribution in [0.5, 0.6) is 0 Å². The molecule has 1 aromatic carbocycles. The van der Waals surface area contributed by atoms with Crippen LogP contribution in [-0.2, 0) is 11.3 Å². The molecule has 20 heavy (non-hydrogen) atoms. The highest BCUT2D eigenvalue weighted by molar-refractivity contribution is 5.94. The van der Waals surface area contributed by atoms with Gasteiger partial charge in [0.1, 0.15) is 5.56 Å². The van der Waals surface area contributed by atoms with Crippen molar-refractivity contribution in [2.45, 2.75) is 13.0 Å². The van der Waals surface area contributed by atoms with Gasteiger partial charge in [0.15, 0.2) is 0 Å². The van der Waals surface area contributed by atoms with Crippen LogP contribution >= 0.6 is 0 Å². The maximum atomic E-state index is 11.2. The highest BCUT2D eigenvalue weighted by Gasteiger charge is 2.23. The van der Waals surface area contributed by atoms with Crippen LogP contribution in [0.2, 0.25) is 0 Å². The second-order valence-electron chi connectivity index (χ2n) is 4.46. The standard InChI is InChI=1S/C13H18N2O5/c1-14(7-4-8-20-2)9-10-5-3-6-11(15(18)19)12(10)13(16)17/h3,5-6H,4,7-9H2,1-2H3,(H,16,17). The van der Waals surface area contributed by atoms with Gasteiger partial charge in [0.05, 0.1) is 4.92 Å². The van der Waals surface area contributed by atoms with E-state index in [2.05, 4.69) is 0 Å². The third-order valence-electron chi connectivity index (χ3n) is 2.87. The van der Waals surface area contributed by atoms with Gasteiger partial charge in [-0.3, -0.25) is 10.1 Å². The molecule has 0 saturated carbocycles. The van der Waals surface area contributed by atoms with Gasteiger partial charge < -0.3 is 14.7 Å². The first-order valence-corrected chi connectivity index (χ1v) is 6.14. The number of carbonyl (C=O) groups is 1. The zero-order chi connectivity index (χ0) is 15.1. The SMILES string of the molecule is COCCCN(C)Cc1cccc([N+](=O)[O-])c1C(=O)O. The lowest BCUT2D eigenvalue weighted by Crippen LogP contribution is -2.22. The lowest BCUT2D eigenvalue weighted by Gasteiger charge is -2.17. The fourth-order valence-electron chi connectivity index (χ4n) is 1.97. The van der Waals surface area contributed by atoms with E-state index in [1.165, 1.54) is 12.1 Å². The Kier molecular flexibility index (Phi) is 6.08. The predicted molar refractivity (Wildman–Crippen MR) is 72.9 cm³/mol. The number of methoxy groups -OCH3 is 1. The molecule has 1 aromatic rings. The summed E-state index contributed by atoms with van der Waals surface area (Å²) < 4.78 is 4.94. The molecule has 0 amide bonds. The summed E-state index contributed by atoms with van der Waals surface area (Å²) in [5.41, 5.74) is -0.178. The zero-order valence-corrected chi connectivity index (χ0v) is 11.5. The van der Waals surface area contributed by atoms with Crippen molar-refractivity contribution >= 4 is 11.7 Å². The quantitative estimate of drug-likeness (QED) is 0.443. The van der Waals surface area contributed by atoms with E-state index in [0.29, 0.717) is 18.7 Å². The number of carboxylic acids is 1. The molecule has 1 N–H and O–H groups in total. The number of rotatable bonds is 8. The van der Waals surface area contributed by atoms with E-state index in [-0.39, 0.29) is 11.3 Å². The van der Waals surface area contributed by atoms with E-state index in [4.69, 9.17) is 4.74 Å². The van der Waals surface area contributed by atoms with Crippen molar-refractivity contribution in [3.8, 4) is 0 Å². The molecule has 0 aliphatic heterocycles. The van der Waals surface area contributed by atoms with Crippen molar-refractivity contribution < 1.29 is 19.6 Å². The lowest BCUT2D eigenvalue weighted by atomic mass is 10.0. The van der Waals surface area contributed by atoms with E-state index >= 15 is 0 Å². The highest BCUT2D eigenvalue weighted by Crippen LogP contribution is 2.23. The molecule has 0 saturated heterocycles. The molecule has 7 nitrogen and oxygen atoms in total. The first kappa shape index (κ1) is 16.1. The Labute approximate surface area is 116 Å². The van der Waals surface area contributed by atoms with Gasteiger partial charge in [0, 0.05) is 32.9 Å². The van der Waals surface area contributed by atoms with E-state index in [1.54, 1.807) is 13.2 Å². The van der Waals surface area contributed by atoms with Crippen molar-refractivity contribution in [2.75, 3.05) is 27.3 Å². The van der Waals surface area contributed by atoms with E-state index in [1.807, 2.05) is 11.9 Å². The minimum atomic E-state index is -1.28. The van der Waals surface area contributed by atoms with Crippen LogP contribution in [0.15, 0.2) is 18.2 Å². The molecule has 0 spiro atoms. The summed E-state index contributed by atoms with van der Waals surface area (Å²) in [4.78, 5) is 23.4. The first-order valence-electron chi connectivity index (χ1n) is 6.14. The molecule has 0 fully saturated rings. The summed E-state index contributed by atoms with van der Waals surface area (Å²) in [6.45, 7) is 1.67. The van der Waals surface area contributed by atoms with Crippen LogP contribution in [0.25, 0.3) is 0 Å².